The van der Waals surface area contributed by atoms with E-state index in [4.69, 9.17) is 58.0 Å². The number of hydrogen-bond donors (Lipinski definition) is 1. The molecule has 2 rings (SSSR count). The van der Waals surface area contributed by atoms with E-state index in [2.05, 4.69) is 4.98 Å². The van der Waals surface area contributed by atoms with Crippen LogP contribution in [-0.4, -0.2) is 10.1 Å². The molecule has 106 valence electrons. The first kappa shape index (κ1) is 16.1. The van der Waals surface area contributed by atoms with E-state index in [0.717, 1.165) is 12.3 Å². The average molecular weight is 375 g/mol. The molecule has 1 N–H and O–H groups in total. The van der Waals surface area contributed by atoms with Crippen molar-refractivity contribution in [2.75, 3.05) is 0 Å². The molecule has 1 aromatic heterocycles. The van der Waals surface area contributed by atoms with E-state index in [0.29, 0.717) is 0 Å². The number of pyridine rings is 1. The van der Waals surface area contributed by atoms with Crippen LogP contribution in [0.4, 0.5) is 4.39 Å². The van der Waals surface area contributed by atoms with E-state index in [-0.39, 0.29) is 41.9 Å². The van der Waals surface area contributed by atoms with Gasteiger partial charge in [-0.3, -0.25) is 4.98 Å². The minimum absolute atomic E-state index is 0.00185. The number of halogens is 6. The summed E-state index contributed by atoms with van der Waals surface area (Å²) in [4.78, 5) is 3.78. The zero-order valence-electron chi connectivity index (χ0n) is 9.52. The minimum atomic E-state index is -0.619. The Hall–Kier alpha value is -0.290. The molecule has 0 aliphatic carbocycles. The number of rotatable bonds is 2. The van der Waals surface area contributed by atoms with Gasteiger partial charge in [-0.2, -0.15) is 0 Å². The summed E-state index contributed by atoms with van der Waals surface area (Å²) in [6.07, 6.45) is 0.968. The SMILES string of the molecule is OCc1ncc(F)cc1-c1c(Cl)c(Cl)c(Cl)c(Cl)c1Cl. The Morgan fingerprint density at radius 3 is 1.95 bits per heavy atom. The molecule has 0 saturated heterocycles. The number of hydrogen-bond acceptors (Lipinski definition) is 2. The summed E-state index contributed by atoms with van der Waals surface area (Å²) in [6, 6.07) is 1.13. The lowest BCUT2D eigenvalue weighted by atomic mass is 10.0. The molecule has 2 aromatic rings. The van der Waals surface area contributed by atoms with Crippen LogP contribution in [0.3, 0.4) is 0 Å². The third-order valence-electron chi connectivity index (χ3n) is 2.57. The molecule has 0 aliphatic heterocycles. The zero-order valence-corrected chi connectivity index (χ0v) is 13.3. The van der Waals surface area contributed by atoms with Gasteiger partial charge in [0.25, 0.3) is 0 Å². The predicted octanol–water partition coefficient (Wildman–Crippen LogP) is 5.65. The van der Waals surface area contributed by atoms with Crippen molar-refractivity contribution in [3.8, 4) is 11.1 Å². The van der Waals surface area contributed by atoms with Gasteiger partial charge in [-0.1, -0.05) is 58.0 Å². The maximum absolute atomic E-state index is 13.4. The monoisotopic (exact) mass is 373 g/mol. The molecule has 0 saturated carbocycles. The van der Waals surface area contributed by atoms with Gasteiger partial charge in [0.15, 0.2) is 0 Å². The van der Waals surface area contributed by atoms with E-state index in [1.807, 2.05) is 0 Å². The Labute approximate surface area is 139 Å². The summed E-state index contributed by atoms with van der Waals surface area (Å²) in [5.41, 5.74) is 0.552. The molecule has 0 fully saturated rings. The standard InChI is InChI=1S/C12H5Cl5FNO/c13-8-7(9(14)11(16)12(17)10(8)15)5-1-4(18)2-19-6(5)3-20/h1-2,20H,3H2. The van der Waals surface area contributed by atoms with Gasteiger partial charge in [-0.15, -0.1) is 0 Å². The topological polar surface area (TPSA) is 33.1 Å². The Kier molecular flexibility index (Phi) is 5.00. The van der Waals surface area contributed by atoms with Gasteiger partial charge in [-0.05, 0) is 6.07 Å². The maximum atomic E-state index is 13.4. The Balaban J connectivity index is 2.86. The second kappa shape index (κ2) is 6.22. The fraction of sp³-hybridized carbons (Fsp3) is 0.0833. The average Bonchev–Trinajstić information content (AvgIpc) is 2.43. The van der Waals surface area contributed by atoms with Crippen molar-refractivity contribution >= 4 is 58.0 Å². The molecular formula is C12H5Cl5FNO. The maximum Gasteiger partial charge on any atom is 0.142 e. The van der Waals surface area contributed by atoms with Crippen molar-refractivity contribution in [1.29, 1.82) is 0 Å². The molecule has 0 atom stereocenters. The van der Waals surface area contributed by atoms with E-state index in [1.54, 1.807) is 0 Å². The fourth-order valence-electron chi connectivity index (χ4n) is 1.65. The van der Waals surface area contributed by atoms with Crippen LogP contribution in [-0.2, 0) is 6.61 Å². The summed E-state index contributed by atoms with van der Waals surface area (Å²) in [5, 5.41) is 9.28. The minimum Gasteiger partial charge on any atom is -0.390 e. The highest BCUT2D eigenvalue weighted by molar-refractivity contribution is 6.56. The molecule has 0 spiro atoms. The summed E-state index contributed by atoms with van der Waals surface area (Å²) in [5.74, 6) is -0.619. The molecule has 2 nitrogen and oxygen atoms in total. The molecule has 0 aliphatic rings. The highest BCUT2D eigenvalue weighted by Gasteiger charge is 2.22. The van der Waals surface area contributed by atoms with Crippen molar-refractivity contribution in [2.45, 2.75) is 6.61 Å². The number of aromatic nitrogens is 1. The Bertz CT molecular complexity index is 663. The number of aliphatic hydroxyl groups is 1. The third-order valence-corrected chi connectivity index (χ3v) is 4.84. The highest BCUT2D eigenvalue weighted by Crippen LogP contribution is 2.48. The lowest BCUT2D eigenvalue weighted by Gasteiger charge is -2.14. The van der Waals surface area contributed by atoms with Gasteiger partial charge in [-0.25, -0.2) is 4.39 Å². The van der Waals surface area contributed by atoms with Crippen molar-refractivity contribution in [1.82, 2.24) is 4.98 Å². The first-order valence-corrected chi connectivity index (χ1v) is 7.04. The molecule has 0 bridgehead atoms. The van der Waals surface area contributed by atoms with Crippen LogP contribution in [0, 0.1) is 5.82 Å². The molecule has 20 heavy (non-hydrogen) atoms. The van der Waals surface area contributed by atoms with E-state index in [1.165, 1.54) is 0 Å². The lowest BCUT2D eigenvalue weighted by Crippen LogP contribution is -1.97. The molecular weight excluding hydrogens is 370 g/mol. The fourth-order valence-corrected chi connectivity index (χ4v) is 2.99. The first-order valence-electron chi connectivity index (χ1n) is 5.15. The van der Waals surface area contributed by atoms with Crippen LogP contribution in [0.1, 0.15) is 5.69 Å². The van der Waals surface area contributed by atoms with E-state index < -0.39 is 12.4 Å². The van der Waals surface area contributed by atoms with Crippen LogP contribution in [0.2, 0.25) is 25.1 Å². The summed E-state index contributed by atoms with van der Waals surface area (Å²) < 4.78 is 13.4. The lowest BCUT2D eigenvalue weighted by molar-refractivity contribution is 0.277. The molecule has 8 heteroatoms. The van der Waals surface area contributed by atoms with Crippen molar-refractivity contribution in [3.63, 3.8) is 0 Å². The first-order chi connectivity index (χ1) is 9.38. The predicted molar refractivity (Wildman–Crippen MR) is 80.6 cm³/mol. The van der Waals surface area contributed by atoms with Gasteiger partial charge in [0.2, 0.25) is 0 Å². The molecule has 0 amide bonds. The summed E-state index contributed by atoms with van der Waals surface area (Å²) >= 11 is 30.0. The summed E-state index contributed by atoms with van der Waals surface area (Å²) in [7, 11) is 0. The molecule has 0 unspecified atom stereocenters. The van der Waals surface area contributed by atoms with E-state index in [9.17, 15) is 9.50 Å². The number of nitrogens with zero attached hydrogens (tertiary/aromatic N) is 1. The Morgan fingerprint density at radius 1 is 0.950 bits per heavy atom. The zero-order chi connectivity index (χ0) is 15.0. The van der Waals surface area contributed by atoms with Crippen LogP contribution >= 0.6 is 58.0 Å². The molecule has 1 heterocycles. The smallest absolute Gasteiger partial charge is 0.142 e. The van der Waals surface area contributed by atoms with Crippen LogP contribution < -0.4 is 0 Å². The largest absolute Gasteiger partial charge is 0.390 e. The summed E-state index contributed by atoms with van der Waals surface area (Å²) in [6.45, 7) is -0.430. The van der Waals surface area contributed by atoms with Gasteiger partial charge in [0.05, 0.1) is 43.6 Å². The quantitative estimate of drug-likeness (QED) is 0.544. The van der Waals surface area contributed by atoms with Crippen molar-refractivity contribution in [2.24, 2.45) is 0 Å². The van der Waals surface area contributed by atoms with Crippen molar-refractivity contribution in [3.05, 3.63) is 48.9 Å². The van der Waals surface area contributed by atoms with Crippen LogP contribution in [0.25, 0.3) is 11.1 Å². The van der Waals surface area contributed by atoms with Gasteiger partial charge >= 0.3 is 0 Å². The van der Waals surface area contributed by atoms with Gasteiger partial charge < -0.3 is 5.11 Å². The van der Waals surface area contributed by atoms with E-state index >= 15 is 0 Å². The highest BCUT2D eigenvalue weighted by atomic mass is 35.5. The van der Waals surface area contributed by atoms with Crippen molar-refractivity contribution < 1.29 is 9.50 Å². The number of benzene rings is 1. The third kappa shape index (κ3) is 2.71. The van der Waals surface area contributed by atoms with Gasteiger partial charge in [0, 0.05) is 11.1 Å². The molecule has 0 radical (unpaired) electrons. The number of aliphatic hydroxyl groups excluding tert-OH is 1. The Morgan fingerprint density at radius 2 is 1.45 bits per heavy atom. The van der Waals surface area contributed by atoms with Gasteiger partial charge in [0.1, 0.15) is 5.82 Å². The van der Waals surface area contributed by atoms with Crippen LogP contribution in [0.5, 0.6) is 0 Å². The second-order valence-electron chi connectivity index (χ2n) is 3.75. The second-order valence-corrected chi connectivity index (χ2v) is 5.64. The van der Waals surface area contributed by atoms with Crippen LogP contribution in [0.15, 0.2) is 12.3 Å². The normalized spacial score (nSPS) is 10.9. The molecule has 1 aromatic carbocycles.